The Morgan fingerprint density at radius 1 is 1.58 bits per heavy atom. The lowest BCUT2D eigenvalue weighted by molar-refractivity contribution is 0.0921. The van der Waals surface area contributed by atoms with Crippen LogP contribution < -0.4 is 5.32 Å². The minimum Gasteiger partial charge on any atom is -0.394 e. The van der Waals surface area contributed by atoms with Gasteiger partial charge < -0.3 is 10.4 Å². The molecule has 1 atom stereocenters. The Morgan fingerprint density at radius 3 is 2.89 bits per heavy atom. The fraction of sp³-hybridized carbons (Fsp3) is 0.385. The first-order chi connectivity index (χ1) is 9.04. The normalized spacial score (nSPS) is 12.4. The number of aliphatic hydroxyl groups is 1. The average Bonchev–Trinajstić information content (AvgIpc) is 2.97. The fourth-order valence-corrected chi connectivity index (χ4v) is 2.71. The number of nitrogens with one attached hydrogen (secondary N) is 1. The number of aliphatic hydroxyl groups excluding tert-OH is 1. The zero-order chi connectivity index (χ0) is 14.0. The molecule has 0 aliphatic rings. The zero-order valence-corrected chi connectivity index (χ0v) is 12.0. The Balaban J connectivity index is 2.34. The van der Waals surface area contributed by atoms with E-state index in [-0.39, 0.29) is 18.6 Å². The van der Waals surface area contributed by atoms with Gasteiger partial charge in [0.15, 0.2) is 5.13 Å². The SMILES string of the molecule is Cc1cc(C(=O)NC(C)CO)c(C)n1-c1nccs1. The molecule has 2 heterocycles. The highest BCUT2D eigenvalue weighted by atomic mass is 32.1. The molecule has 102 valence electrons. The van der Waals surface area contributed by atoms with E-state index in [1.165, 1.54) is 11.3 Å². The van der Waals surface area contributed by atoms with E-state index in [1.54, 1.807) is 13.1 Å². The third-order valence-electron chi connectivity index (χ3n) is 2.94. The molecule has 0 saturated heterocycles. The predicted molar refractivity (Wildman–Crippen MR) is 74.9 cm³/mol. The molecule has 0 aromatic carbocycles. The van der Waals surface area contributed by atoms with Crippen molar-refractivity contribution in [2.75, 3.05) is 6.61 Å². The quantitative estimate of drug-likeness (QED) is 0.894. The number of nitrogens with zero attached hydrogens (tertiary/aromatic N) is 2. The predicted octanol–water partition coefficient (Wildman–Crippen LogP) is 1.66. The van der Waals surface area contributed by atoms with Gasteiger partial charge in [0.05, 0.1) is 12.2 Å². The average molecular weight is 279 g/mol. The van der Waals surface area contributed by atoms with Gasteiger partial charge in [-0.2, -0.15) is 0 Å². The fourth-order valence-electron chi connectivity index (χ4n) is 1.96. The van der Waals surface area contributed by atoms with E-state index in [0.29, 0.717) is 5.56 Å². The molecule has 0 aliphatic carbocycles. The van der Waals surface area contributed by atoms with Crippen molar-refractivity contribution in [3.63, 3.8) is 0 Å². The summed E-state index contributed by atoms with van der Waals surface area (Å²) in [5.41, 5.74) is 2.44. The molecule has 0 spiro atoms. The smallest absolute Gasteiger partial charge is 0.253 e. The van der Waals surface area contributed by atoms with Crippen molar-refractivity contribution in [3.8, 4) is 5.13 Å². The van der Waals surface area contributed by atoms with Crippen LogP contribution in [0.25, 0.3) is 5.13 Å². The molecule has 0 fully saturated rings. The van der Waals surface area contributed by atoms with Crippen molar-refractivity contribution < 1.29 is 9.90 Å². The second-order valence-electron chi connectivity index (χ2n) is 4.49. The summed E-state index contributed by atoms with van der Waals surface area (Å²) < 4.78 is 1.96. The van der Waals surface area contributed by atoms with E-state index in [1.807, 2.05) is 29.9 Å². The van der Waals surface area contributed by atoms with Gasteiger partial charge in [-0.1, -0.05) is 0 Å². The molecule has 0 bridgehead atoms. The van der Waals surface area contributed by atoms with E-state index in [4.69, 9.17) is 5.11 Å². The van der Waals surface area contributed by atoms with Crippen LogP contribution in [0.3, 0.4) is 0 Å². The van der Waals surface area contributed by atoms with Crippen LogP contribution in [0.4, 0.5) is 0 Å². The van der Waals surface area contributed by atoms with Crippen molar-refractivity contribution in [3.05, 3.63) is 34.6 Å². The highest BCUT2D eigenvalue weighted by Crippen LogP contribution is 2.22. The summed E-state index contributed by atoms with van der Waals surface area (Å²) in [4.78, 5) is 16.4. The van der Waals surface area contributed by atoms with Crippen molar-refractivity contribution in [1.82, 2.24) is 14.9 Å². The van der Waals surface area contributed by atoms with Crippen LogP contribution in [0.2, 0.25) is 0 Å². The lowest BCUT2D eigenvalue weighted by Gasteiger charge is -2.10. The third-order valence-corrected chi connectivity index (χ3v) is 3.69. The molecule has 2 N–H and O–H groups in total. The van der Waals surface area contributed by atoms with Crippen LogP contribution in [0.1, 0.15) is 28.7 Å². The van der Waals surface area contributed by atoms with Gasteiger partial charge in [0.25, 0.3) is 5.91 Å². The second kappa shape index (κ2) is 5.54. The van der Waals surface area contributed by atoms with Crippen molar-refractivity contribution in [2.45, 2.75) is 26.8 Å². The number of carbonyl (C=O) groups is 1. The van der Waals surface area contributed by atoms with Gasteiger partial charge in [-0.15, -0.1) is 11.3 Å². The Labute approximate surface area is 115 Å². The number of thiazole rings is 1. The van der Waals surface area contributed by atoms with Gasteiger partial charge >= 0.3 is 0 Å². The van der Waals surface area contributed by atoms with Gasteiger partial charge in [0.1, 0.15) is 0 Å². The number of carbonyl (C=O) groups excluding carboxylic acids is 1. The zero-order valence-electron chi connectivity index (χ0n) is 11.2. The summed E-state index contributed by atoms with van der Waals surface area (Å²) in [5.74, 6) is -0.169. The topological polar surface area (TPSA) is 67.2 Å². The molecule has 5 nitrogen and oxygen atoms in total. The minimum absolute atomic E-state index is 0.0725. The summed E-state index contributed by atoms with van der Waals surface area (Å²) in [6.07, 6.45) is 1.74. The highest BCUT2D eigenvalue weighted by Gasteiger charge is 2.18. The maximum atomic E-state index is 12.1. The van der Waals surface area contributed by atoms with Gasteiger partial charge in [-0.25, -0.2) is 4.98 Å². The minimum atomic E-state index is -0.254. The van der Waals surface area contributed by atoms with E-state index in [2.05, 4.69) is 10.3 Å². The van der Waals surface area contributed by atoms with Crippen LogP contribution in [0.15, 0.2) is 17.6 Å². The molecule has 6 heteroatoms. The Bertz CT molecular complexity index is 575. The first-order valence-electron chi connectivity index (χ1n) is 6.05. The van der Waals surface area contributed by atoms with E-state index < -0.39 is 0 Å². The number of hydrogen-bond acceptors (Lipinski definition) is 4. The van der Waals surface area contributed by atoms with E-state index in [0.717, 1.165) is 16.5 Å². The molecule has 0 radical (unpaired) electrons. The molecule has 1 unspecified atom stereocenters. The molecule has 2 aromatic rings. The lowest BCUT2D eigenvalue weighted by Crippen LogP contribution is -2.35. The Hall–Kier alpha value is -1.66. The maximum Gasteiger partial charge on any atom is 0.253 e. The first-order valence-corrected chi connectivity index (χ1v) is 6.93. The van der Waals surface area contributed by atoms with Crippen LogP contribution in [0, 0.1) is 13.8 Å². The van der Waals surface area contributed by atoms with Crippen LogP contribution >= 0.6 is 11.3 Å². The van der Waals surface area contributed by atoms with Crippen molar-refractivity contribution >= 4 is 17.2 Å². The van der Waals surface area contributed by atoms with Gasteiger partial charge in [0, 0.05) is 29.0 Å². The maximum absolute atomic E-state index is 12.1. The first kappa shape index (κ1) is 13.8. The van der Waals surface area contributed by atoms with Gasteiger partial charge in [-0.3, -0.25) is 9.36 Å². The summed E-state index contributed by atoms with van der Waals surface area (Å²) >= 11 is 1.53. The van der Waals surface area contributed by atoms with Gasteiger partial charge in [0.2, 0.25) is 0 Å². The third kappa shape index (κ3) is 2.69. The van der Waals surface area contributed by atoms with Crippen LogP contribution in [-0.4, -0.2) is 33.2 Å². The number of hydrogen-bond donors (Lipinski definition) is 2. The molecular formula is C13H17N3O2S. The molecular weight excluding hydrogens is 262 g/mol. The Morgan fingerprint density at radius 2 is 2.32 bits per heavy atom. The number of rotatable bonds is 4. The van der Waals surface area contributed by atoms with E-state index in [9.17, 15) is 4.79 Å². The monoisotopic (exact) mass is 279 g/mol. The summed E-state index contributed by atoms with van der Waals surface area (Å²) in [5, 5.41) is 14.5. The molecule has 19 heavy (non-hydrogen) atoms. The van der Waals surface area contributed by atoms with E-state index >= 15 is 0 Å². The summed E-state index contributed by atoms with van der Waals surface area (Å²) in [7, 11) is 0. The number of aryl methyl sites for hydroxylation is 1. The second-order valence-corrected chi connectivity index (χ2v) is 5.36. The van der Waals surface area contributed by atoms with Gasteiger partial charge in [-0.05, 0) is 26.8 Å². The van der Waals surface area contributed by atoms with Crippen molar-refractivity contribution in [1.29, 1.82) is 0 Å². The molecule has 0 aliphatic heterocycles. The molecule has 1 amide bonds. The van der Waals surface area contributed by atoms with Crippen molar-refractivity contribution in [2.24, 2.45) is 0 Å². The highest BCUT2D eigenvalue weighted by molar-refractivity contribution is 7.12. The summed E-state index contributed by atoms with van der Waals surface area (Å²) in [6, 6.07) is 1.59. The largest absolute Gasteiger partial charge is 0.394 e. The van der Waals surface area contributed by atoms with Crippen LogP contribution in [0.5, 0.6) is 0 Å². The molecule has 0 saturated carbocycles. The van der Waals surface area contributed by atoms with Crippen LogP contribution in [-0.2, 0) is 0 Å². The number of amides is 1. The Kier molecular flexibility index (Phi) is 4.01. The molecule has 2 aromatic heterocycles. The molecule has 2 rings (SSSR count). The number of aromatic nitrogens is 2. The lowest BCUT2D eigenvalue weighted by atomic mass is 10.2. The standard InChI is InChI=1S/C13H17N3O2S/c1-8(7-17)15-12(18)11-6-9(2)16(10(11)3)13-14-4-5-19-13/h4-6,8,17H,7H2,1-3H3,(H,15,18). The summed E-state index contributed by atoms with van der Waals surface area (Å²) in [6.45, 7) is 5.53.